The summed E-state index contributed by atoms with van der Waals surface area (Å²) >= 11 is 0. The van der Waals surface area contributed by atoms with Crippen LogP contribution in [-0.4, -0.2) is 52.2 Å². The Morgan fingerprint density at radius 2 is 2.05 bits per heavy atom. The number of nitrogens with zero attached hydrogens (tertiary/aromatic N) is 5. The van der Waals surface area contributed by atoms with Gasteiger partial charge in [0.15, 0.2) is 11.2 Å². The Morgan fingerprint density at radius 3 is 2.60 bits per heavy atom. The van der Waals surface area contributed by atoms with Crippen molar-refractivity contribution >= 4 is 17.1 Å². The first-order valence-corrected chi connectivity index (χ1v) is 6.62. The van der Waals surface area contributed by atoms with Gasteiger partial charge in [-0.15, -0.1) is 0 Å². The van der Waals surface area contributed by atoms with Crippen molar-refractivity contribution in [2.45, 2.75) is 19.9 Å². The summed E-state index contributed by atoms with van der Waals surface area (Å²) in [6.45, 7) is 5.19. The highest BCUT2D eigenvalue weighted by Gasteiger charge is 2.24. The molecular weight excluding hydrogens is 256 g/mol. The first-order valence-electron chi connectivity index (χ1n) is 6.62. The molecule has 0 bridgehead atoms. The van der Waals surface area contributed by atoms with Crippen LogP contribution in [-0.2, 0) is 0 Å². The summed E-state index contributed by atoms with van der Waals surface area (Å²) in [6.07, 6.45) is 1.48. The number of rotatable bonds is 5. The van der Waals surface area contributed by atoms with Crippen molar-refractivity contribution in [2.75, 3.05) is 33.5 Å². The summed E-state index contributed by atoms with van der Waals surface area (Å²) in [4.78, 5) is 14.9. The third kappa shape index (κ3) is 2.53. The highest BCUT2D eigenvalue weighted by atomic mass is 16.5. The predicted molar refractivity (Wildman–Crippen MR) is 78.7 cm³/mol. The first kappa shape index (κ1) is 14.5. The predicted octanol–water partition coefficient (Wildman–Crippen LogP) is 1.18. The average molecular weight is 278 g/mol. The number of ether oxygens (including phenoxy) is 1. The van der Waals surface area contributed by atoms with E-state index in [0.29, 0.717) is 23.3 Å². The van der Waals surface area contributed by atoms with E-state index >= 15 is 0 Å². The van der Waals surface area contributed by atoms with Gasteiger partial charge in [0.2, 0.25) is 11.8 Å². The van der Waals surface area contributed by atoms with Crippen molar-refractivity contribution in [3.05, 3.63) is 6.33 Å². The Hall–Kier alpha value is -1.89. The Labute approximate surface area is 118 Å². The first-order chi connectivity index (χ1) is 9.45. The van der Waals surface area contributed by atoms with Gasteiger partial charge in [0.05, 0.1) is 13.2 Å². The fourth-order valence-corrected chi connectivity index (χ4v) is 2.35. The maximum atomic E-state index is 6.10. The zero-order chi connectivity index (χ0) is 14.9. The molecule has 0 aromatic carbocycles. The summed E-state index contributed by atoms with van der Waals surface area (Å²) in [5.41, 5.74) is 7.43. The van der Waals surface area contributed by atoms with Crippen LogP contribution in [0.2, 0.25) is 0 Å². The van der Waals surface area contributed by atoms with E-state index in [4.69, 9.17) is 10.5 Å². The topological polar surface area (TPSA) is 82.1 Å². The zero-order valence-corrected chi connectivity index (χ0v) is 12.7. The molecule has 1 unspecified atom stereocenters. The highest BCUT2D eigenvalue weighted by molar-refractivity contribution is 5.79. The summed E-state index contributed by atoms with van der Waals surface area (Å²) < 4.78 is 7.20. The number of nitrogens with two attached hydrogens (primary N) is 1. The summed E-state index contributed by atoms with van der Waals surface area (Å²) in [6, 6.07) is 0.189. The van der Waals surface area contributed by atoms with Crippen LogP contribution in [0.4, 0.5) is 5.95 Å². The molecule has 0 aliphatic rings. The van der Waals surface area contributed by atoms with E-state index in [1.165, 1.54) is 6.33 Å². The lowest BCUT2D eigenvalue weighted by atomic mass is 10.0. The molecule has 0 saturated carbocycles. The molecule has 7 nitrogen and oxygen atoms in total. The number of aromatic nitrogens is 4. The van der Waals surface area contributed by atoms with Crippen molar-refractivity contribution in [1.29, 1.82) is 0 Å². The number of methoxy groups -OCH3 is 1. The third-order valence-corrected chi connectivity index (χ3v) is 3.32. The summed E-state index contributed by atoms with van der Waals surface area (Å²) in [7, 11) is 5.65. The van der Waals surface area contributed by atoms with Gasteiger partial charge < -0.3 is 15.4 Å². The molecule has 0 saturated heterocycles. The number of imidazole rings is 1. The second-order valence-corrected chi connectivity index (χ2v) is 5.47. The second-order valence-electron chi connectivity index (χ2n) is 5.47. The maximum absolute atomic E-state index is 6.10. The van der Waals surface area contributed by atoms with E-state index in [2.05, 4.69) is 33.7 Å². The van der Waals surface area contributed by atoms with Gasteiger partial charge in [-0.25, -0.2) is 9.97 Å². The third-order valence-electron chi connectivity index (χ3n) is 3.32. The molecule has 2 N–H and O–H groups in total. The minimum absolute atomic E-state index is 0.189. The van der Waals surface area contributed by atoms with Crippen molar-refractivity contribution < 1.29 is 4.74 Å². The van der Waals surface area contributed by atoms with Crippen LogP contribution in [0.1, 0.15) is 19.9 Å². The number of hydrogen-bond donors (Lipinski definition) is 1. The number of hydrogen-bond acceptors (Lipinski definition) is 6. The number of likely N-dealkylation sites (N-methyl/N-ethyl adjacent to an activating group) is 1. The Morgan fingerprint density at radius 1 is 1.35 bits per heavy atom. The normalized spacial score (nSPS) is 13.3. The summed E-state index contributed by atoms with van der Waals surface area (Å²) in [5.74, 6) is 1.30. The molecule has 0 spiro atoms. The molecule has 2 heterocycles. The zero-order valence-electron chi connectivity index (χ0n) is 12.7. The molecule has 2 rings (SSSR count). The number of fused-ring (bicyclic) bond motifs is 1. The molecule has 7 heteroatoms. The van der Waals surface area contributed by atoms with Crippen molar-refractivity contribution in [1.82, 2.24) is 24.4 Å². The van der Waals surface area contributed by atoms with E-state index in [1.54, 1.807) is 7.11 Å². The van der Waals surface area contributed by atoms with Crippen LogP contribution in [0.3, 0.4) is 0 Å². The quantitative estimate of drug-likeness (QED) is 0.884. The Bertz CT molecular complexity index is 592. The van der Waals surface area contributed by atoms with Crippen LogP contribution in [0.15, 0.2) is 6.33 Å². The standard InChI is InChI=1S/C13H22N6O/c1-8(2)9(6-18(3)4)19-11-10(17-13(19)14)12(20-5)16-7-15-11/h7-9H,6H2,1-5H3,(H2,14,17). The van der Waals surface area contributed by atoms with Gasteiger partial charge in [0.25, 0.3) is 0 Å². The minimum Gasteiger partial charge on any atom is -0.479 e. The van der Waals surface area contributed by atoms with Gasteiger partial charge in [-0.3, -0.25) is 4.57 Å². The van der Waals surface area contributed by atoms with E-state index in [0.717, 1.165) is 12.2 Å². The largest absolute Gasteiger partial charge is 0.479 e. The fraction of sp³-hybridized carbons (Fsp3) is 0.615. The fourth-order valence-electron chi connectivity index (χ4n) is 2.35. The molecule has 0 amide bonds. The van der Waals surface area contributed by atoms with Crippen LogP contribution in [0.25, 0.3) is 11.2 Å². The SMILES string of the molecule is COc1ncnc2c1nc(N)n2C(CN(C)C)C(C)C. The van der Waals surface area contributed by atoms with E-state index in [1.807, 2.05) is 18.7 Å². The molecule has 2 aromatic heterocycles. The second kappa shape index (κ2) is 5.62. The lowest BCUT2D eigenvalue weighted by Crippen LogP contribution is -2.29. The summed E-state index contributed by atoms with van der Waals surface area (Å²) in [5, 5.41) is 0. The minimum atomic E-state index is 0.189. The lowest BCUT2D eigenvalue weighted by Gasteiger charge is -2.26. The van der Waals surface area contributed by atoms with Gasteiger partial charge in [-0.05, 0) is 20.0 Å². The number of anilines is 1. The lowest BCUT2D eigenvalue weighted by molar-refractivity contribution is 0.275. The van der Waals surface area contributed by atoms with Gasteiger partial charge in [-0.1, -0.05) is 13.8 Å². The van der Waals surface area contributed by atoms with E-state index < -0.39 is 0 Å². The number of nitrogen functional groups attached to an aromatic ring is 1. The van der Waals surface area contributed by atoms with Crippen molar-refractivity contribution in [3.8, 4) is 5.88 Å². The van der Waals surface area contributed by atoms with Crippen LogP contribution < -0.4 is 10.5 Å². The monoisotopic (exact) mass is 278 g/mol. The Balaban J connectivity index is 2.60. The van der Waals surface area contributed by atoms with Crippen LogP contribution in [0, 0.1) is 5.92 Å². The molecule has 2 aromatic rings. The van der Waals surface area contributed by atoms with Gasteiger partial charge in [0.1, 0.15) is 6.33 Å². The molecule has 0 aliphatic heterocycles. The molecule has 0 aliphatic carbocycles. The molecular formula is C13H22N6O. The van der Waals surface area contributed by atoms with Crippen LogP contribution >= 0.6 is 0 Å². The Kier molecular flexibility index (Phi) is 4.08. The average Bonchev–Trinajstić information content (AvgIpc) is 2.71. The molecule has 1 atom stereocenters. The highest BCUT2D eigenvalue weighted by Crippen LogP contribution is 2.29. The molecule has 110 valence electrons. The van der Waals surface area contributed by atoms with E-state index in [-0.39, 0.29) is 6.04 Å². The maximum Gasteiger partial charge on any atom is 0.245 e. The smallest absolute Gasteiger partial charge is 0.245 e. The molecule has 0 radical (unpaired) electrons. The molecule has 20 heavy (non-hydrogen) atoms. The van der Waals surface area contributed by atoms with Gasteiger partial charge in [-0.2, -0.15) is 4.98 Å². The van der Waals surface area contributed by atoms with E-state index in [9.17, 15) is 0 Å². The molecule has 0 fully saturated rings. The van der Waals surface area contributed by atoms with Gasteiger partial charge in [0, 0.05) is 6.54 Å². The van der Waals surface area contributed by atoms with Gasteiger partial charge >= 0.3 is 0 Å². The van der Waals surface area contributed by atoms with Crippen molar-refractivity contribution in [3.63, 3.8) is 0 Å². The van der Waals surface area contributed by atoms with Crippen LogP contribution in [0.5, 0.6) is 5.88 Å². The van der Waals surface area contributed by atoms with Crippen molar-refractivity contribution in [2.24, 2.45) is 5.92 Å².